The molecule has 0 saturated carbocycles. The standard InChI is InChI=1S/C14H19NO2/c1-4-9-15-14(16)17-13(5-2)12-8-6-7-11(3)10-12/h5-8,10,13H,2,4,9H2,1,3H3,(H,15,16). The fourth-order valence-electron chi connectivity index (χ4n) is 1.48. The number of benzene rings is 1. The number of carbonyl (C=O) groups is 1. The molecule has 17 heavy (non-hydrogen) atoms. The highest BCUT2D eigenvalue weighted by Crippen LogP contribution is 2.19. The van der Waals surface area contributed by atoms with E-state index >= 15 is 0 Å². The molecule has 1 atom stereocenters. The molecule has 0 radical (unpaired) electrons. The Morgan fingerprint density at radius 3 is 2.94 bits per heavy atom. The van der Waals surface area contributed by atoms with E-state index in [0.29, 0.717) is 6.54 Å². The molecule has 0 aliphatic rings. The Kier molecular flexibility index (Phi) is 5.27. The predicted octanol–water partition coefficient (Wildman–Crippen LogP) is 3.36. The Bertz CT molecular complexity index is 388. The zero-order chi connectivity index (χ0) is 12.7. The van der Waals surface area contributed by atoms with Gasteiger partial charge in [0.15, 0.2) is 0 Å². The second kappa shape index (κ2) is 6.74. The molecular weight excluding hydrogens is 214 g/mol. The largest absolute Gasteiger partial charge is 0.437 e. The summed E-state index contributed by atoms with van der Waals surface area (Å²) < 4.78 is 5.27. The second-order valence-corrected chi connectivity index (χ2v) is 3.90. The smallest absolute Gasteiger partial charge is 0.408 e. The van der Waals surface area contributed by atoms with Crippen molar-refractivity contribution in [3.63, 3.8) is 0 Å². The van der Waals surface area contributed by atoms with Gasteiger partial charge in [-0.05, 0) is 25.0 Å². The SMILES string of the molecule is C=CC(OC(=O)NCCC)c1cccc(C)c1. The molecule has 1 N–H and O–H groups in total. The van der Waals surface area contributed by atoms with E-state index in [2.05, 4.69) is 11.9 Å². The number of rotatable bonds is 5. The maximum atomic E-state index is 11.4. The van der Waals surface area contributed by atoms with Crippen LogP contribution in [0.1, 0.15) is 30.6 Å². The summed E-state index contributed by atoms with van der Waals surface area (Å²) in [6.07, 6.45) is 1.71. The van der Waals surface area contributed by atoms with Crippen molar-refractivity contribution in [1.29, 1.82) is 0 Å². The van der Waals surface area contributed by atoms with Crippen LogP contribution in [-0.2, 0) is 4.74 Å². The summed E-state index contributed by atoms with van der Waals surface area (Å²) in [4.78, 5) is 11.4. The van der Waals surface area contributed by atoms with Gasteiger partial charge < -0.3 is 10.1 Å². The first kappa shape index (κ1) is 13.3. The molecule has 0 spiro atoms. The van der Waals surface area contributed by atoms with E-state index in [1.807, 2.05) is 38.1 Å². The van der Waals surface area contributed by atoms with E-state index in [1.54, 1.807) is 6.08 Å². The molecule has 1 aromatic rings. The van der Waals surface area contributed by atoms with Crippen LogP contribution in [0, 0.1) is 6.92 Å². The topological polar surface area (TPSA) is 38.3 Å². The van der Waals surface area contributed by atoms with Crippen molar-refractivity contribution < 1.29 is 9.53 Å². The molecular formula is C14H19NO2. The third-order valence-electron chi connectivity index (χ3n) is 2.34. The third-order valence-corrected chi connectivity index (χ3v) is 2.34. The summed E-state index contributed by atoms with van der Waals surface area (Å²) in [7, 11) is 0. The van der Waals surface area contributed by atoms with Gasteiger partial charge in [0.1, 0.15) is 6.10 Å². The Labute approximate surface area is 102 Å². The maximum Gasteiger partial charge on any atom is 0.408 e. The number of carbonyl (C=O) groups excluding carboxylic acids is 1. The molecule has 1 rings (SSSR count). The van der Waals surface area contributed by atoms with E-state index < -0.39 is 12.2 Å². The van der Waals surface area contributed by atoms with Crippen LogP contribution >= 0.6 is 0 Å². The third kappa shape index (κ3) is 4.31. The summed E-state index contributed by atoms with van der Waals surface area (Å²) in [5, 5.41) is 2.67. The van der Waals surface area contributed by atoms with Crippen molar-refractivity contribution in [2.24, 2.45) is 0 Å². The number of aryl methyl sites for hydroxylation is 1. The van der Waals surface area contributed by atoms with Crippen LogP contribution in [0.15, 0.2) is 36.9 Å². The van der Waals surface area contributed by atoms with Crippen LogP contribution in [-0.4, -0.2) is 12.6 Å². The lowest BCUT2D eigenvalue weighted by Gasteiger charge is -2.15. The predicted molar refractivity (Wildman–Crippen MR) is 68.9 cm³/mol. The fraction of sp³-hybridized carbons (Fsp3) is 0.357. The van der Waals surface area contributed by atoms with E-state index in [4.69, 9.17) is 4.74 Å². The highest BCUT2D eigenvalue weighted by Gasteiger charge is 2.12. The first-order valence-electron chi connectivity index (χ1n) is 5.81. The molecule has 3 nitrogen and oxygen atoms in total. The Hall–Kier alpha value is -1.77. The number of amides is 1. The molecule has 3 heteroatoms. The van der Waals surface area contributed by atoms with Crippen molar-refractivity contribution in [2.45, 2.75) is 26.4 Å². The van der Waals surface area contributed by atoms with Gasteiger partial charge in [-0.15, -0.1) is 0 Å². The number of hydrogen-bond acceptors (Lipinski definition) is 2. The van der Waals surface area contributed by atoms with Gasteiger partial charge in [0, 0.05) is 6.54 Å². The summed E-state index contributed by atoms with van der Waals surface area (Å²) in [6, 6.07) is 7.85. The highest BCUT2D eigenvalue weighted by atomic mass is 16.6. The average molecular weight is 233 g/mol. The van der Waals surface area contributed by atoms with Gasteiger partial charge in [-0.1, -0.05) is 43.3 Å². The molecule has 0 saturated heterocycles. The molecule has 1 unspecified atom stereocenters. The second-order valence-electron chi connectivity index (χ2n) is 3.90. The number of nitrogens with one attached hydrogen (secondary N) is 1. The summed E-state index contributed by atoms with van der Waals surface area (Å²) in [5.74, 6) is 0. The van der Waals surface area contributed by atoms with E-state index in [-0.39, 0.29) is 0 Å². The zero-order valence-electron chi connectivity index (χ0n) is 10.4. The van der Waals surface area contributed by atoms with Crippen molar-refractivity contribution in [3.8, 4) is 0 Å². The van der Waals surface area contributed by atoms with Gasteiger partial charge >= 0.3 is 6.09 Å². The van der Waals surface area contributed by atoms with Gasteiger partial charge in [-0.2, -0.15) is 0 Å². The average Bonchev–Trinajstić information content (AvgIpc) is 2.33. The van der Waals surface area contributed by atoms with Crippen LogP contribution in [0.25, 0.3) is 0 Å². The minimum Gasteiger partial charge on any atom is -0.437 e. The van der Waals surface area contributed by atoms with Crippen molar-refractivity contribution >= 4 is 6.09 Å². The first-order valence-corrected chi connectivity index (χ1v) is 5.81. The lowest BCUT2D eigenvalue weighted by atomic mass is 10.1. The summed E-state index contributed by atoms with van der Waals surface area (Å²) in [6.45, 7) is 8.31. The van der Waals surface area contributed by atoms with E-state index in [0.717, 1.165) is 17.5 Å². The lowest BCUT2D eigenvalue weighted by molar-refractivity contribution is 0.120. The normalized spacial score (nSPS) is 11.6. The Morgan fingerprint density at radius 1 is 1.59 bits per heavy atom. The molecule has 0 aliphatic heterocycles. The first-order chi connectivity index (χ1) is 8.17. The Morgan fingerprint density at radius 2 is 2.35 bits per heavy atom. The Balaban J connectivity index is 2.65. The zero-order valence-corrected chi connectivity index (χ0v) is 10.4. The maximum absolute atomic E-state index is 11.4. The highest BCUT2D eigenvalue weighted by molar-refractivity contribution is 5.67. The van der Waals surface area contributed by atoms with Crippen molar-refractivity contribution in [2.75, 3.05) is 6.54 Å². The van der Waals surface area contributed by atoms with Crippen LogP contribution in [0.2, 0.25) is 0 Å². The van der Waals surface area contributed by atoms with Gasteiger partial charge in [0.2, 0.25) is 0 Å². The van der Waals surface area contributed by atoms with Gasteiger partial charge in [0.05, 0.1) is 0 Å². The lowest BCUT2D eigenvalue weighted by Crippen LogP contribution is -2.26. The van der Waals surface area contributed by atoms with E-state index in [9.17, 15) is 4.79 Å². The fourth-order valence-corrected chi connectivity index (χ4v) is 1.48. The molecule has 1 amide bonds. The molecule has 1 aromatic carbocycles. The number of ether oxygens (including phenoxy) is 1. The quantitative estimate of drug-likeness (QED) is 0.792. The molecule has 0 heterocycles. The summed E-state index contributed by atoms with van der Waals surface area (Å²) >= 11 is 0. The van der Waals surface area contributed by atoms with Crippen LogP contribution in [0.3, 0.4) is 0 Å². The number of hydrogen-bond donors (Lipinski definition) is 1. The summed E-state index contributed by atoms with van der Waals surface area (Å²) in [5.41, 5.74) is 2.07. The van der Waals surface area contributed by atoms with Gasteiger partial charge in [-0.3, -0.25) is 0 Å². The van der Waals surface area contributed by atoms with Crippen molar-refractivity contribution in [3.05, 3.63) is 48.0 Å². The van der Waals surface area contributed by atoms with Gasteiger partial charge in [0.25, 0.3) is 0 Å². The number of alkyl carbamates (subject to hydrolysis) is 1. The molecule has 0 aromatic heterocycles. The molecule has 0 bridgehead atoms. The minimum atomic E-state index is -0.404. The van der Waals surface area contributed by atoms with Crippen LogP contribution < -0.4 is 5.32 Å². The molecule has 0 fully saturated rings. The molecule has 0 aliphatic carbocycles. The minimum absolute atomic E-state index is 0.397. The van der Waals surface area contributed by atoms with Crippen LogP contribution in [0.4, 0.5) is 4.79 Å². The van der Waals surface area contributed by atoms with E-state index in [1.165, 1.54) is 0 Å². The van der Waals surface area contributed by atoms with Crippen LogP contribution in [0.5, 0.6) is 0 Å². The van der Waals surface area contributed by atoms with Crippen molar-refractivity contribution in [1.82, 2.24) is 5.32 Å². The molecule has 92 valence electrons. The monoisotopic (exact) mass is 233 g/mol. The van der Waals surface area contributed by atoms with Gasteiger partial charge in [-0.25, -0.2) is 4.79 Å².